The number of hydrogen-bond acceptors (Lipinski definition) is 3. The number of amides is 1. The zero-order chi connectivity index (χ0) is 16.6. The number of benzene rings is 2. The third kappa shape index (κ3) is 2.79. The number of nitrogens with zero attached hydrogens (tertiary/aromatic N) is 1. The highest BCUT2D eigenvalue weighted by atomic mass is 19.1. The lowest BCUT2D eigenvalue weighted by Gasteiger charge is -2.14. The molecule has 6 heteroatoms. The Labute approximate surface area is 132 Å². The summed E-state index contributed by atoms with van der Waals surface area (Å²) in [4.78, 5) is 22.8. The summed E-state index contributed by atoms with van der Waals surface area (Å²) in [7, 11) is 0. The first kappa shape index (κ1) is 15.1. The van der Waals surface area contributed by atoms with E-state index >= 15 is 0 Å². The maximum atomic E-state index is 13.7. The number of carbonyl (C=O) groups is 1. The van der Waals surface area contributed by atoms with Crippen molar-refractivity contribution in [2.45, 2.75) is 25.8 Å². The number of nitro groups is 1. The van der Waals surface area contributed by atoms with Crippen LogP contribution in [0.25, 0.3) is 0 Å². The Morgan fingerprint density at radius 1 is 1.35 bits per heavy atom. The minimum atomic E-state index is -0.508. The fourth-order valence-corrected chi connectivity index (χ4v) is 2.95. The first-order valence-corrected chi connectivity index (χ1v) is 7.30. The number of aryl methyl sites for hydroxylation is 1. The molecule has 2 aromatic carbocycles. The van der Waals surface area contributed by atoms with Crippen molar-refractivity contribution in [2.24, 2.45) is 0 Å². The molecule has 0 spiro atoms. The molecule has 2 aromatic rings. The van der Waals surface area contributed by atoms with Gasteiger partial charge in [-0.1, -0.05) is 18.2 Å². The molecule has 0 fully saturated rings. The summed E-state index contributed by atoms with van der Waals surface area (Å²) in [5, 5.41) is 13.8. The fraction of sp³-hybridized carbons (Fsp3) is 0.235. The monoisotopic (exact) mass is 314 g/mol. The normalized spacial score (nSPS) is 16.0. The Hall–Kier alpha value is -2.76. The second-order valence-electron chi connectivity index (χ2n) is 5.63. The van der Waals surface area contributed by atoms with Gasteiger partial charge < -0.3 is 5.32 Å². The Morgan fingerprint density at radius 2 is 2.13 bits per heavy atom. The summed E-state index contributed by atoms with van der Waals surface area (Å²) in [6.07, 6.45) is 1.19. The minimum Gasteiger partial charge on any atom is -0.345 e. The second kappa shape index (κ2) is 5.79. The lowest BCUT2D eigenvalue weighted by atomic mass is 10.1. The van der Waals surface area contributed by atoms with E-state index in [4.69, 9.17) is 0 Å². The van der Waals surface area contributed by atoms with Crippen molar-refractivity contribution in [3.8, 4) is 0 Å². The van der Waals surface area contributed by atoms with Crippen molar-refractivity contribution >= 4 is 11.6 Å². The van der Waals surface area contributed by atoms with Gasteiger partial charge >= 0.3 is 0 Å². The molecule has 0 bridgehead atoms. The number of nitrogens with one attached hydrogen (secondary N) is 1. The molecular weight excluding hydrogens is 299 g/mol. The molecule has 0 saturated carbocycles. The molecule has 0 saturated heterocycles. The average molecular weight is 314 g/mol. The standard InChI is InChI=1S/C17H15FN2O3/c1-10-5-6-11(9-16(10)20(22)23)17(21)19-15-8-7-12-13(15)3-2-4-14(12)18/h2-6,9,15H,7-8H2,1H3,(H,19,21). The van der Waals surface area contributed by atoms with Gasteiger partial charge in [0.1, 0.15) is 5.82 Å². The van der Waals surface area contributed by atoms with Crippen LogP contribution in [0.4, 0.5) is 10.1 Å². The van der Waals surface area contributed by atoms with Gasteiger partial charge in [-0.15, -0.1) is 0 Å². The van der Waals surface area contributed by atoms with Gasteiger partial charge in [-0.25, -0.2) is 4.39 Å². The summed E-state index contributed by atoms with van der Waals surface area (Å²) in [5.41, 5.74) is 2.05. The van der Waals surface area contributed by atoms with Gasteiger partial charge in [0.15, 0.2) is 0 Å². The van der Waals surface area contributed by atoms with E-state index in [-0.39, 0.29) is 23.1 Å². The lowest BCUT2D eigenvalue weighted by Crippen LogP contribution is -2.27. The van der Waals surface area contributed by atoms with E-state index in [0.717, 1.165) is 5.56 Å². The number of hydrogen-bond donors (Lipinski definition) is 1. The molecule has 0 radical (unpaired) electrons. The predicted molar refractivity (Wildman–Crippen MR) is 82.8 cm³/mol. The summed E-state index contributed by atoms with van der Waals surface area (Å²) >= 11 is 0. The van der Waals surface area contributed by atoms with Crippen LogP contribution in [0.15, 0.2) is 36.4 Å². The molecule has 0 heterocycles. The smallest absolute Gasteiger partial charge is 0.273 e. The van der Waals surface area contributed by atoms with E-state index in [1.807, 2.05) is 0 Å². The van der Waals surface area contributed by atoms with Crippen LogP contribution in [0.5, 0.6) is 0 Å². The fourth-order valence-electron chi connectivity index (χ4n) is 2.95. The summed E-state index contributed by atoms with van der Waals surface area (Å²) in [6, 6.07) is 8.93. The third-order valence-corrected chi connectivity index (χ3v) is 4.19. The molecular formula is C17H15FN2O3. The topological polar surface area (TPSA) is 72.2 Å². The van der Waals surface area contributed by atoms with Gasteiger partial charge in [0.05, 0.1) is 11.0 Å². The van der Waals surface area contributed by atoms with Crippen LogP contribution in [0, 0.1) is 22.9 Å². The SMILES string of the molecule is Cc1ccc(C(=O)NC2CCc3c(F)cccc32)cc1[N+](=O)[O-]. The summed E-state index contributed by atoms with van der Waals surface area (Å²) in [5.74, 6) is -0.652. The molecule has 0 aromatic heterocycles. The zero-order valence-corrected chi connectivity index (χ0v) is 12.5. The molecule has 1 N–H and O–H groups in total. The van der Waals surface area contributed by atoms with E-state index in [2.05, 4.69) is 5.32 Å². The van der Waals surface area contributed by atoms with Crippen molar-refractivity contribution in [2.75, 3.05) is 0 Å². The largest absolute Gasteiger partial charge is 0.345 e. The molecule has 1 amide bonds. The van der Waals surface area contributed by atoms with Crippen molar-refractivity contribution in [1.29, 1.82) is 0 Å². The first-order chi connectivity index (χ1) is 11.0. The van der Waals surface area contributed by atoms with E-state index in [1.165, 1.54) is 12.1 Å². The van der Waals surface area contributed by atoms with Gasteiger partial charge in [-0.05, 0) is 43.0 Å². The van der Waals surface area contributed by atoms with Gasteiger partial charge in [-0.3, -0.25) is 14.9 Å². The van der Waals surface area contributed by atoms with Crippen molar-refractivity contribution in [1.82, 2.24) is 5.32 Å². The molecule has 1 unspecified atom stereocenters. The van der Waals surface area contributed by atoms with E-state index < -0.39 is 10.8 Å². The summed E-state index contributed by atoms with van der Waals surface area (Å²) in [6.45, 7) is 1.62. The van der Waals surface area contributed by atoms with E-state index in [9.17, 15) is 19.3 Å². The molecule has 1 aliphatic rings. The van der Waals surface area contributed by atoms with Crippen molar-refractivity contribution in [3.63, 3.8) is 0 Å². The highest BCUT2D eigenvalue weighted by molar-refractivity contribution is 5.95. The van der Waals surface area contributed by atoms with Gasteiger partial charge in [0.25, 0.3) is 11.6 Å². The van der Waals surface area contributed by atoms with Gasteiger partial charge in [0, 0.05) is 17.2 Å². The van der Waals surface area contributed by atoms with Gasteiger partial charge in [0.2, 0.25) is 0 Å². The van der Waals surface area contributed by atoms with Crippen LogP contribution in [0.3, 0.4) is 0 Å². The molecule has 3 rings (SSSR count). The number of nitro benzene ring substituents is 1. The highest BCUT2D eigenvalue weighted by Gasteiger charge is 2.26. The quantitative estimate of drug-likeness (QED) is 0.696. The van der Waals surface area contributed by atoms with Crippen LogP contribution < -0.4 is 5.32 Å². The molecule has 1 aliphatic carbocycles. The highest BCUT2D eigenvalue weighted by Crippen LogP contribution is 2.33. The van der Waals surface area contributed by atoms with E-state index in [0.29, 0.717) is 24.0 Å². The maximum absolute atomic E-state index is 13.7. The molecule has 1 atom stereocenters. The Bertz CT molecular complexity index is 804. The molecule has 5 nitrogen and oxygen atoms in total. The van der Waals surface area contributed by atoms with Crippen LogP contribution in [0.2, 0.25) is 0 Å². The maximum Gasteiger partial charge on any atom is 0.273 e. The zero-order valence-electron chi connectivity index (χ0n) is 12.5. The van der Waals surface area contributed by atoms with Crippen molar-refractivity contribution in [3.05, 3.63) is 74.6 Å². The van der Waals surface area contributed by atoms with Crippen LogP contribution in [-0.4, -0.2) is 10.8 Å². The Morgan fingerprint density at radius 3 is 2.87 bits per heavy atom. The van der Waals surface area contributed by atoms with Crippen LogP contribution in [-0.2, 0) is 6.42 Å². The summed E-state index contributed by atoms with van der Waals surface area (Å²) < 4.78 is 13.7. The predicted octanol–water partition coefficient (Wildman–Crippen LogP) is 3.46. The third-order valence-electron chi connectivity index (χ3n) is 4.19. The Balaban J connectivity index is 1.83. The van der Waals surface area contributed by atoms with Gasteiger partial charge in [-0.2, -0.15) is 0 Å². The lowest BCUT2D eigenvalue weighted by molar-refractivity contribution is -0.385. The molecule has 118 valence electrons. The van der Waals surface area contributed by atoms with Crippen LogP contribution >= 0.6 is 0 Å². The van der Waals surface area contributed by atoms with Crippen molar-refractivity contribution < 1.29 is 14.1 Å². The van der Waals surface area contributed by atoms with E-state index in [1.54, 1.807) is 31.2 Å². The molecule has 0 aliphatic heterocycles. The first-order valence-electron chi connectivity index (χ1n) is 7.30. The number of carbonyl (C=O) groups excluding carboxylic acids is 1. The Kier molecular flexibility index (Phi) is 3.82. The number of halogens is 1. The number of rotatable bonds is 3. The van der Waals surface area contributed by atoms with Crippen LogP contribution in [0.1, 0.15) is 39.5 Å². The minimum absolute atomic E-state index is 0.0875. The molecule has 23 heavy (non-hydrogen) atoms. The second-order valence-corrected chi connectivity index (χ2v) is 5.63. The number of fused-ring (bicyclic) bond motifs is 1. The average Bonchev–Trinajstić information content (AvgIpc) is 2.92.